The van der Waals surface area contributed by atoms with E-state index in [9.17, 15) is 4.39 Å². The summed E-state index contributed by atoms with van der Waals surface area (Å²) in [7, 11) is 0. The average Bonchev–Trinajstić information content (AvgIpc) is 3.72. The van der Waals surface area contributed by atoms with Crippen LogP contribution in [0.25, 0.3) is 49.5 Å². The van der Waals surface area contributed by atoms with Crippen LogP contribution in [-0.4, -0.2) is 25.1 Å². The Morgan fingerprint density at radius 2 is 1.98 bits per heavy atom. The van der Waals surface area contributed by atoms with Gasteiger partial charge < -0.3 is 10.3 Å². The standard InChI is InChI=1S/C32H31FN6S/c1-4-20(15-23(5-2)35-19(3)21-9-7-6-8-10-21)22-11-12-26-24(16-22)31(39-38-26)32-36-27-18-34-17-25(30(27)37-32)28-13-14-29(33)40-28/h4-5,11-18,21,35H,2-3,6-10H2,1H3,(H,36,37)(H,38,39)/b20-4+,23-15+. The third kappa shape index (κ3) is 5.02. The lowest BCUT2D eigenvalue weighted by Crippen LogP contribution is -2.20. The largest absolute Gasteiger partial charge is 0.359 e. The monoisotopic (exact) mass is 550 g/mol. The fourth-order valence-electron chi connectivity index (χ4n) is 5.44. The molecule has 202 valence electrons. The Kier molecular flexibility index (Phi) is 7.17. The normalized spacial score (nSPS) is 15.2. The Hall–Kier alpha value is -4.30. The molecule has 1 aromatic carbocycles. The molecule has 1 aliphatic carbocycles. The van der Waals surface area contributed by atoms with Crippen molar-refractivity contribution < 1.29 is 4.39 Å². The van der Waals surface area contributed by atoms with Crippen LogP contribution in [0.4, 0.5) is 4.39 Å². The smallest absolute Gasteiger partial charge is 0.176 e. The first-order valence-corrected chi connectivity index (χ1v) is 14.4. The Balaban J connectivity index is 1.33. The SMILES string of the molecule is C=C/C(=C\C(=C/C)c1ccc2[nH]nc(-c3nc4c(-c5ccc(F)s5)cncc4[nH]3)c2c1)NC(=C)C1CCCCC1. The summed E-state index contributed by atoms with van der Waals surface area (Å²) in [5.41, 5.74) is 8.01. The van der Waals surface area contributed by atoms with Gasteiger partial charge in [-0.2, -0.15) is 9.49 Å². The van der Waals surface area contributed by atoms with Crippen LogP contribution in [0.2, 0.25) is 0 Å². The summed E-state index contributed by atoms with van der Waals surface area (Å²) in [6.07, 6.45) is 15.7. The molecule has 0 bridgehead atoms. The average molecular weight is 551 g/mol. The fraction of sp³-hybridized carbons (Fsp3) is 0.219. The molecule has 6 nitrogen and oxygen atoms in total. The number of aromatic amines is 2. The van der Waals surface area contributed by atoms with Crippen LogP contribution in [-0.2, 0) is 0 Å². The summed E-state index contributed by atoms with van der Waals surface area (Å²) in [6.45, 7) is 10.4. The van der Waals surface area contributed by atoms with Crippen LogP contribution in [0.15, 0.2) is 85.5 Å². The number of thiophene rings is 1. The number of nitrogens with zero attached hydrogens (tertiary/aromatic N) is 3. The number of nitrogens with one attached hydrogen (secondary N) is 3. The Labute approximate surface area is 236 Å². The molecule has 3 N–H and O–H groups in total. The Bertz CT molecular complexity index is 1780. The van der Waals surface area contributed by atoms with Crippen LogP contribution >= 0.6 is 11.3 Å². The minimum Gasteiger partial charge on any atom is -0.359 e. The van der Waals surface area contributed by atoms with E-state index >= 15 is 0 Å². The van der Waals surface area contributed by atoms with Crippen molar-refractivity contribution in [3.8, 4) is 22.0 Å². The van der Waals surface area contributed by atoms with Crippen LogP contribution < -0.4 is 5.32 Å². The highest BCUT2D eigenvalue weighted by Crippen LogP contribution is 2.35. The van der Waals surface area contributed by atoms with Crippen molar-refractivity contribution in [1.82, 2.24) is 30.5 Å². The fourth-order valence-corrected chi connectivity index (χ4v) is 6.19. The van der Waals surface area contributed by atoms with Crippen LogP contribution in [0.1, 0.15) is 44.6 Å². The molecule has 5 aromatic rings. The summed E-state index contributed by atoms with van der Waals surface area (Å²) in [6, 6.07) is 9.45. The van der Waals surface area contributed by atoms with Crippen LogP contribution in [0.5, 0.6) is 0 Å². The lowest BCUT2D eigenvalue weighted by atomic mass is 9.87. The van der Waals surface area contributed by atoms with Gasteiger partial charge in [0.2, 0.25) is 0 Å². The van der Waals surface area contributed by atoms with Gasteiger partial charge in [0.15, 0.2) is 11.0 Å². The first kappa shape index (κ1) is 26.0. The van der Waals surface area contributed by atoms with Crippen molar-refractivity contribution in [1.29, 1.82) is 0 Å². The molecular formula is C32H31FN6S. The second-order valence-electron chi connectivity index (χ2n) is 10.1. The van der Waals surface area contributed by atoms with Gasteiger partial charge in [0.05, 0.1) is 17.2 Å². The molecule has 0 spiro atoms. The second-order valence-corrected chi connectivity index (χ2v) is 11.2. The Morgan fingerprint density at radius 3 is 2.73 bits per heavy atom. The number of rotatable bonds is 8. The van der Waals surface area contributed by atoms with Crippen molar-refractivity contribution in [3.05, 3.63) is 96.2 Å². The summed E-state index contributed by atoms with van der Waals surface area (Å²) >= 11 is 1.08. The highest BCUT2D eigenvalue weighted by atomic mass is 32.1. The van der Waals surface area contributed by atoms with Crippen LogP contribution in [0, 0.1) is 11.0 Å². The van der Waals surface area contributed by atoms with E-state index in [2.05, 4.69) is 62.9 Å². The third-order valence-electron chi connectivity index (χ3n) is 7.60. The number of fused-ring (bicyclic) bond motifs is 2. The van der Waals surface area contributed by atoms with E-state index in [1.54, 1.807) is 18.5 Å². The molecule has 4 heterocycles. The first-order chi connectivity index (χ1) is 19.5. The lowest BCUT2D eigenvalue weighted by molar-refractivity contribution is 0.393. The zero-order chi connectivity index (χ0) is 27.6. The molecule has 0 atom stereocenters. The number of hydrogen-bond donors (Lipinski definition) is 3. The van der Waals surface area contributed by atoms with Gasteiger partial charge in [-0.3, -0.25) is 10.1 Å². The zero-order valence-electron chi connectivity index (χ0n) is 22.4. The molecule has 40 heavy (non-hydrogen) atoms. The first-order valence-electron chi connectivity index (χ1n) is 13.6. The number of halogens is 1. The lowest BCUT2D eigenvalue weighted by Gasteiger charge is -2.25. The van der Waals surface area contributed by atoms with E-state index in [0.29, 0.717) is 17.4 Å². The molecule has 1 saturated carbocycles. The minimum absolute atomic E-state index is 0.240. The molecule has 4 aromatic heterocycles. The topological polar surface area (TPSA) is 82.3 Å². The van der Waals surface area contributed by atoms with Crippen molar-refractivity contribution in [2.45, 2.75) is 39.0 Å². The van der Waals surface area contributed by atoms with Gasteiger partial charge in [-0.1, -0.05) is 44.6 Å². The van der Waals surface area contributed by atoms with Crippen molar-refractivity contribution in [2.24, 2.45) is 5.92 Å². The molecule has 6 rings (SSSR count). The number of imidazole rings is 1. The molecule has 0 saturated heterocycles. The maximum absolute atomic E-state index is 13.7. The van der Waals surface area contributed by atoms with Gasteiger partial charge in [0.25, 0.3) is 0 Å². The quantitative estimate of drug-likeness (QED) is 0.169. The molecule has 1 aliphatic rings. The van der Waals surface area contributed by atoms with Crippen molar-refractivity contribution in [3.63, 3.8) is 0 Å². The minimum atomic E-state index is -0.240. The molecule has 0 aliphatic heterocycles. The van der Waals surface area contributed by atoms with E-state index in [1.807, 2.05) is 19.1 Å². The maximum Gasteiger partial charge on any atom is 0.176 e. The number of aromatic nitrogens is 5. The van der Waals surface area contributed by atoms with E-state index < -0.39 is 0 Å². The summed E-state index contributed by atoms with van der Waals surface area (Å²) in [4.78, 5) is 13.4. The predicted molar refractivity (Wildman–Crippen MR) is 163 cm³/mol. The van der Waals surface area contributed by atoms with E-state index in [1.165, 1.54) is 38.2 Å². The highest BCUT2D eigenvalue weighted by molar-refractivity contribution is 7.14. The van der Waals surface area contributed by atoms with Crippen LogP contribution in [0.3, 0.4) is 0 Å². The zero-order valence-corrected chi connectivity index (χ0v) is 23.2. The van der Waals surface area contributed by atoms with E-state index in [4.69, 9.17) is 4.98 Å². The van der Waals surface area contributed by atoms with Crippen molar-refractivity contribution in [2.75, 3.05) is 0 Å². The van der Waals surface area contributed by atoms with E-state index in [0.717, 1.165) is 66.2 Å². The Morgan fingerprint density at radius 1 is 1.12 bits per heavy atom. The van der Waals surface area contributed by atoms with Crippen molar-refractivity contribution >= 4 is 38.8 Å². The van der Waals surface area contributed by atoms with E-state index in [-0.39, 0.29) is 5.13 Å². The van der Waals surface area contributed by atoms with Gasteiger partial charge in [-0.05, 0) is 73.2 Å². The molecular weight excluding hydrogens is 519 g/mol. The number of pyridine rings is 1. The molecule has 8 heteroatoms. The molecule has 0 amide bonds. The maximum atomic E-state index is 13.7. The summed E-state index contributed by atoms with van der Waals surface area (Å²) in [5, 5.41) is 11.9. The van der Waals surface area contributed by atoms with Gasteiger partial charge >= 0.3 is 0 Å². The molecule has 0 radical (unpaired) electrons. The predicted octanol–water partition coefficient (Wildman–Crippen LogP) is 8.53. The summed E-state index contributed by atoms with van der Waals surface area (Å²) in [5.74, 6) is 1.13. The molecule has 1 fully saturated rings. The number of H-pyrrole nitrogens is 2. The van der Waals surface area contributed by atoms with Gasteiger partial charge in [-0.15, -0.1) is 11.3 Å². The summed E-state index contributed by atoms with van der Waals surface area (Å²) < 4.78 is 13.7. The number of benzene rings is 1. The van der Waals surface area contributed by atoms with Gasteiger partial charge in [0, 0.05) is 33.4 Å². The number of hydrogen-bond acceptors (Lipinski definition) is 5. The second kappa shape index (κ2) is 11.1. The number of allylic oxidation sites excluding steroid dienone is 5. The third-order valence-corrected chi connectivity index (χ3v) is 8.51. The highest BCUT2D eigenvalue weighted by Gasteiger charge is 2.18. The molecule has 0 unspecified atom stereocenters. The van der Waals surface area contributed by atoms with Gasteiger partial charge in [0.1, 0.15) is 11.2 Å². The van der Waals surface area contributed by atoms with Gasteiger partial charge in [-0.25, -0.2) is 4.98 Å².